The number of hydrogen-bond donors (Lipinski definition) is 2. The summed E-state index contributed by atoms with van der Waals surface area (Å²) in [5.41, 5.74) is 4.88. The first-order valence-electron chi connectivity index (χ1n) is 38.6. The van der Waals surface area contributed by atoms with Gasteiger partial charge in [0.1, 0.15) is 23.6 Å². The van der Waals surface area contributed by atoms with Gasteiger partial charge in [0.25, 0.3) is 22.2 Å². The van der Waals surface area contributed by atoms with Crippen LogP contribution in [0.25, 0.3) is 43.8 Å². The topological polar surface area (TPSA) is 270 Å². The van der Waals surface area contributed by atoms with E-state index in [9.17, 15) is 43.2 Å². The third kappa shape index (κ3) is 20.5. The van der Waals surface area contributed by atoms with E-state index in [0.29, 0.717) is 66.4 Å². The highest BCUT2D eigenvalue weighted by molar-refractivity contribution is 6.00. The average molecular weight is 1460 g/mol. The van der Waals surface area contributed by atoms with Gasteiger partial charge < -0.3 is 62.0 Å². The lowest BCUT2D eigenvalue weighted by Gasteiger charge is -2.36. The number of ketones is 1. The molecule has 14 rings (SSSR count). The maximum atomic E-state index is 13.1. The Labute approximate surface area is 623 Å². The molecule has 24 heteroatoms. The molecule has 4 saturated heterocycles. The van der Waals surface area contributed by atoms with Crippen LogP contribution >= 0.6 is 0 Å². The number of piperidine rings is 3. The van der Waals surface area contributed by atoms with Gasteiger partial charge in [-0.25, -0.2) is 4.79 Å². The molecule has 8 aromatic rings. The maximum absolute atomic E-state index is 13.1. The summed E-state index contributed by atoms with van der Waals surface area (Å²) in [5, 5.41) is 8.77. The number of Topliss-reactive ketones (excluding diaryl/α,β-unsaturated/α-hetero) is 1. The first-order valence-corrected chi connectivity index (χ1v) is 38.6. The number of imide groups is 1. The van der Waals surface area contributed by atoms with E-state index in [1.165, 1.54) is 15.7 Å². The highest BCUT2D eigenvalue weighted by Gasteiger charge is 2.31. The summed E-state index contributed by atoms with van der Waals surface area (Å²) in [6, 6.07) is 26.8. The van der Waals surface area contributed by atoms with Crippen molar-refractivity contribution in [3.8, 4) is 33.8 Å². The summed E-state index contributed by atoms with van der Waals surface area (Å²) in [4.78, 5) is 122. The number of pyridine rings is 6. The number of aryl methyl sites for hydroxylation is 2. The molecule has 566 valence electrons. The van der Waals surface area contributed by atoms with Gasteiger partial charge in [0.05, 0.1) is 73.5 Å². The number of urea groups is 1. The second-order valence-electron chi connectivity index (χ2n) is 29.0. The Hall–Kier alpha value is -9.75. The van der Waals surface area contributed by atoms with E-state index in [0.717, 1.165) is 187 Å². The van der Waals surface area contributed by atoms with Gasteiger partial charge in [-0.2, -0.15) is 0 Å². The van der Waals surface area contributed by atoms with Crippen LogP contribution in [0.1, 0.15) is 147 Å². The lowest BCUT2D eigenvalue weighted by atomic mass is 9.94. The first kappa shape index (κ1) is 76.9. The molecule has 2 N–H and O–H groups in total. The summed E-state index contributed by atoms with van der Waals surface area (Å²) in [6.07, 6.45) is 33.4. The Balaban J connectivity index is 0.000000169. The van der Waals surface area contributed by atoms with Gasteiger partial charge in [-0.15, -0.1) is 0 Å². The number of fused-ring (bicyclic) bond motifs is 2. The van der Waals surface area contributed by atoms with Crippen LogP contribution in [-0.4, -0.2) is 155 Å². The van der Waals surface area contributed by atoms with Crippen LogP contribution in [0.2, 0.25) is 0 Å². The van der Waals surface area contributed by atoms with Crippen molar-refractivity contribution < 1.29 is 42.9 Å². The van der Waals surface area contributed by atoms with Crippen molar-refractivity contribution >= 4 is 51.5 Å². The summed E-state index contributed by atoms with van der Waals surface area (Å²) in [6.45, 7) is 12.1. The van der Waals surface area contributed by atoms with E-state index in [-0.39, 0.29) is 103 Å². The second-order valence-corrected chi connectivity index (χ2v) is 29.0. The molecule has 0 radical (unpaired) electrons. The van der Waals surface area contributed by atoms with Crippen LogP contribution in [0.5, 0.6) is 11.5 Å². The number of hydrogen-bond acceptors (Lipinski definition) is 17. The highest BCUT2D eigenvalue weighted by Crippen LogP contribution is 2.34. The molecular formula is C83H101N11O13. The van der Waals surface area contributed by atoms with Gasteiger partial charge in [0.2, 0.25) is 11.8 Å². The number of likely N-dealkylation sites (tertiary alicyclic amines) is 2. The number of amides is 4. The second kappa shape index (κ2) is 37.7. The number of aromatic nitrogens is 6. The predicted octanol–water partition coefficient (Wildman–Crippen LogP) is 10.4. The van der Waals surface area contributed by atoms with E-state index >= 15 is 0 Å². The summed E-state index contributed by atoms with van der Waals surface area (Å²) < 4.78 is 32.4. The molecule has 24 nitrogen and oxygen atoms in total. The highest BCUT2D eigenvalue weighted by atomic mass is 16.5. The average Bonchev–Trinajstić information content (AvgIpc) is 0.781. The van der Waals surface area contributed by atoms with Crippen LogP contribution < -0.4 is 42.3 Å². The molecule has 2 aliphatic carbocycles. The lowest BCUT2D eigenvalue weighted by molar-refractivity contribution is -0.140. The predicted molar refractivity (Wildman–Crippen MR) is 409 cm³/mol. The molecule has 4 amide bonds. The lowest BCUT2D eigenvalue weighted by Crippen LogP contribution is -2.49. The zero-order valence-corrected chi connectivity index (χ0v) is 61.7. The van der Waals surface area contributed by atoms with E-state index in [4.69, 9.17) is 18.9 Å². The van der Waals surface area contributed by atoms with Crippen molar-refractivity contribution in [2.75, 3.05) is 45.8 Å². The Morgan fingerprint density at radius 2 is 0.953 bits per heavy atom. The van der Waals surface area contributed by atoms with Gasteiger partial charge >= 0.3 is 6.03 Å². The molecule has 4 aliphatic heterocycles. The standard InChI is InChI=1S/C42H51N5O6.C29H37N3O3.C12H13N3O4/c1-2-3-19-47-29-39(37-14-18-43-27-38(37)42(47)51)30-6-8-33(9-7-30)52-34-10-12-35(13-11-34)53-36-16-21-44(22-17-36)24-25-45-20-4-5-31(41(45)50)28-46-23-15-32(48)26-40(46)49;1-2-3-18-32-20-28(26-14-17-31-19-27(26)29(32)33)21-4-6-22(7-5-21)34-23-8-10-24(11-9-23)35-25-12-15-30-16-13-25;16-7-6-14-4-1-2-9(11(14)18)8-15-5-3-10(17)13-12(15)19/h4-9,14,18,20,27,29,34-36H,2-3,10-13,15-17,19,21-26,28H2,1H3;4-7,14,17,19-20,23-25,30H,2-3,8-13,15-16,18H2,1H3;1-2,4,7H,3,5-6,8H2,(H,13,17,19). The molecule has 6 fully saturated rings. The molecule has 0 spiro atoms. The quantitative estimate of drug-likeness (QED) is 0.0398. The van der Waals surface area contributed by atoms with Crippen molar-refractivity contribution in [3.63, 3.8) is 0 Å². The van der Waals surface area contributed by atoms with E-state index in [1.54, 1.807) is 52.5 Å². The number of ether oxygens (including phenoxy) is 4. The SMILES string of the molecule is CCCCn1cc(-c2ccc(OC3CCC(OC4CCN(CCn5cccc(CN6CCC(=O)CC6=O)c5=O)CC4)CC3)cc2)c2ccncc2c1=O.CCCCn1cc(-c2ccc(OC3CCC(OC4CCNCC4)CC3)cc2)c2ccncc2c1=O.O=CCn1cccc(CN2CCC(=O)NC2=O)c1=O. The number of rotatable bonds is 25. The van der Waals surface area contributed by atoms with Crippen LogP contribution in [-0.2, 0) is 67.9 Å². The monoisotopic (exact) mass is 1460 g/mol. The Kier molecular flexibility index (Phi) is 27.1. The number of aldehydes is 1. The molecular weight excluding hydrogens is 1360 g/mol. The number of nitrogens with zero attached hydrogens (tertiary/aromatic N) is 9. The van der Waals surface area contributed by atoms with Gasteiger partial charge in [-0.05, 0) is 173 Å². The fraction of sp³-hybridized carbons (Fsp3) is 0.482. The Bertz CT molecular complexity index is 4600. The van der Waals surface area contributed by atoms with Crippen molar-refractivity contribution in [3.05, 3.63) is 187 Å². The molecule has 2 aromatic carbocycles. The molecule has 0 atom stereocenters. The summed E-state index contributed by atoms with van der Waals surface area (Å²) in [7, 11) is 0. The van der Waals surface area contributed by atoms with Crippen LogP contribution in [0.4, 0.5) is 4.79 Å². The first-order chi connectivity index (χ1) is 52.2. The number of unbranched alkanes of at least 4 members (excludes halogenated alkanes) is 2. The normalized spacial score (nSPS) is 19.7. The number of carbonyl (C=O) groups excluding carboxylic acids is 5. The van der Waals surface area contributed by atoms with Crippen LogP contribution in [0, 0.1) is 0 Å². The molecule has 10 heterocycles. The van der Waals surface area contributed by atoms with Crippen molar-refractivity contribution in [1.29, 1.82) is 0 Å². The van der Waals surface area contributed by atoms with Crippen molar-refractivity contribution in [2.24, 2.45) is 0 Å². The minimum atomic E-state index is -0.499. The fourth-order valence-electron chi connectivity index (χ4n) is 15.2. The summed E-state index contributed by atoms with van der Waals surface area (Å²) in [5.74, 6) is 1.23. The summed E-state index contributed by atoms with van der Waals surface area (Å²) >= 11 is 0. The van der Waals surface area contributed by atoms with Crippen LogP contribution in [0.15, 0.2) is 154 Å². The third-order valence-corrected chi connectivity index (χ3v) is 21.4. The van der Waals surface area contributed by atoms with E-state index in [2.05, 4.69) is 75.7 Å². The van der Waals surface area contributed by atoms with Crippen molar-refractivity contribution in [1.82, 2.24) is 53.6 Å². The zero-order valence-electron chi connectivity index (χ0n) is 61.7. The smallest absolute Gasteiger partial charge is 0.324 e. The van der Waals surface area contributed by atoms with Gasteiger partial charge in [-0.3, -0.25) is 48.8 Å². The van der Waals surface area contributed by atoms with Crippen molar-refractivity contribution in [2.45, 2.75) is 212 Å². The molecule has 107 heavy (non-hydrogen) atoms. The van der Waals surface area contributed by atoms with E-state index < -0.39 is 6.03 Å². The molecule has 2 saturated carbocycles. The minimum absolute atomic E-state index is 0.00889. The van der Waals surface area contributed by atoms with E-state index in [1.807, 2.05) is 58.1 Å². The largest absolute Gasteiger partial charge is 0.490 e. The molecule has 0 bridgehead atoms. The third-order valence-electron chi connectivity index (χ3n) is 21.4. The number of nitrogens with one attached hydrogen (secondary N) is 2. The zero-order chi connectivity index (χ0) is 74.6. The maximum Gasteiger partial charge on any atom is 0.324 e. The molecule has 0 unspecified atom stereocenters. The van der Waals surface area contributed by atoms with Gasteiger partial charge in [0, 0.05) is 137 Å². The van der Waals surface area contributed by atoms with Gasteiger partial charge in [0.15, 0.2) is 0 Å². The molecule has 6 aromatic heterocycles. The van der Waals surface area contributed by atoms with Crippen LogP contribution in [0.3, 0.4) is 0 Å². The molecule has 6 aliphatic rings. The number of carbonyl (C=O) groups is 5. The Morgan fingerprint density at radius 1 is 0.477 bits per heavy atom. The van der Waals surface area contributed by atoms with Gasteiger partial charge in [-0.1, -0.05) is 63.1 Å². The number of benzene rings is 2. The Morgan fingerprint density at radius 3 is 1.46 bits per heavy atom. The fourth-order valence-corrected chi connectivity index (χ4v) is 15.2. The minimum Gasteiger partial charge on any atom is -0.490 e.